The number of hydrogen-bond acceptors (Lipinski definition) is 3. The highest BCUT2D eigenvalue weighted by Gasteiger charge is 2.44. The third-order valence-corrected chi connectivity index (χ3v) is 4.95. The second-order valence-corrected chi connectivity index (χ2v) is 7.92. The number of nitrogens with zero attached hydrogens (tertiary/aromatic N) is 1. The maximum absolute atomic E-state index is 12.6. The molecule has 2 amide bonds. The molecule has 1 saturated heterocycles. The van der Waals surface area contributed by atoms with Crippen LogP contribution in [0.1, 0.15) is 59.3 Å². The standard InChI is InChI=1S/C17H28N2O4/c1-16(2,3)14(21)19-10-6-7-12(11-19)13(20)18-17(15(22)23)8-4-5-9-17/h12H,4-11H2,1-3H3,(H,18,20)(H,22,23). The lowest BCUT2D eigenvalue weighted by molar-refractivity contribution is -0.149. The highest BCUT2D eigenvalue weighted by molar-refractivity contribution is 5.89. The number of aliphatic carboxylic acids is 1. The number of carbonyl (C=O) groups is 3. The Kier molecular flexibility index (Phi) is 5.01. The van der Waals surface area contributed by atoms with Crippen LogP contribution in [0.5, 0.6) is 0 Å². The Morgan fingerprint density at radius 1 is 1.13 bits per heavy atom. The largest absolute Gasteiger partial charge is 0.480 e. The Balaban J connectivity index is 2.02. The summed E-state index contributed by atoms with van der Waals surface area (Å²) in [5.74, 6) is -1.43. The second-order valence-electron chi connectivity index (χ2n) is 7.92. The first-order valence-electron chi connectivity index (χ1n) is 8.50. The molecule has 130 valence electrons. The van der Waals surface area contributed by atoms with Crippen LogP contribution in [0.2, 0.25) is 0 Å². The molecule has 2 rings (SSSR count). The van der Waals surface area contributed by atoms with Gasteiger partial charge in [-0.1, -0.05) is 33.6 Å². The first-order valence-corrected chi connectivity index (χ1v) is 8.50. The molecular weight excluding hydrogens is 296 g/mol. The lowest BCUT2D eigenvalue weighted by Gasteiger charge is -2.37. The Bertz CT molecular complexity index is 489. The number of amides is 2. The number of carboxylic acid groups (broad SMARTS) is 1. The van der Waals surface area contributed by atoms with Crippen LogP contribution >= 0.6 is 0 Å². The fraction of sp³-hybridized carbons (Fsp3) is 0.824. The van der Waals surface area contributed by atoms with Crippen LogP contribution in [0.3, 0.4) is 0 Å². The van der Waals surface area contributed by atoms with Crippen molar-refractivity contribution in [3.8, 4) is 0 Å². The molecule has 0 aromatic heterocycles. The van der Waals surface area contributed by atoms with Gasteiger partial charge in [-0.2, -0.15) is 0 Å². The number of nitrogens with one attached hydrogen (secondary N) is 1. The highest BCUT2D eigenvalue weighted by atomic mass is 16.4. The molecule has 1 aliphatic carbocycles. The Labute approximate surface area is 137 Å². The van der Waals surface area contributed by atoms with Crippen LogP contribution in [-0.4, -0.2) is 46.4 Å². The van der Waals surface area contributed by atoms with Crippen LogP contribution in [0.15, 0.2) is 0 Å². The molecule has 1 atom stereocenters. The summed E-state index contributed by atoms with van der Waals surface area (Å²) in [4.78, 5) is 38.3. The van der Waals surface area contributed by atoms with E-state index in [-0.39, 0.29) is 17.7 Å². The zero-order valence-electron chi connectivity index (χ0n) is 14.4. The van der Waals surface area contributed by atoms with Crippen molar-refractivity contribution in [3.63, 3.8) is 0 Å². The van der Waals surface area contributed by atoms with Crippen LogP contribution in [0, 0.1) is 11.3 Å². The van der Waals surface area contributed by atoms with Gasteiger partial charge in [0.25, 0.3) is 0 Å². The van der Waals surface area contributed by atoms with Gasteiger partial charge < -0.3 is 15.3 Å². The number of likely N-dealkylation sites (tertiary alicyclic amines) is 1. The van der Waals surface area contributed by atoms with Gasteiger partial charge in [0.2, 0.25) is 11.8 Å². The van der Waals surface area contributed by atoms with Crippen LogP contribution in [-0.2, 0) is 14.4 Å². The summed E-state index contributed by atoms with van der Waals surface area (Å²) in [6, 6.07) is 0. The van der Waals surface area contributed by atoms with Gasteiger partial charge in [0.05, 0.1) is 5.92 Å². The SMILES string of the molecule is CC(C)(C)C(=O)N1CCCC(C(=O)NC2(C(=O)O)CCCC2)C1. The molecule has 1 aliphatic heterocycles. The Hall–Kier alpha value is -1.59. The van der Waals surface area contributed by atoms with E-state index in [4.69, 9.17) is 0 Å². The Morgan fingerprint density at radius 3 is 2.26 bits per heavy atom. The molecule has 0 aromatic rings. The van der Waals surface area contributed by atoms with Gasteiger partial charge >= 0.3 is 5.97 Å². The smallest absolute Gasteiger partial charge is 0.329 e. The van der Waals surface area contributed by atoms with E-state index in [9.17, 15) is 19.5 Å². The molecule has 6 nitrogen and oxygen atoms in total. The van der Waals surface area contributed by atoms with Gasteiger partial charge in [-0.15, -0.1) is 0 Å². The van der Waals surface area contributed by atoms with E-state index in [0.29, 0.717) is 32.4 Å². The molecule has 1 saturated carbocycles. The molecule has 6 heteroatoms. The predicted octanol–water partition coefficient (Wildman–Crippen LogP) is 1.78. The summed E-state index contributed by atoms with van der Waals surface area (Å²) in [6.45, 7) is 6.67. The summed E-state index contributed by atoms with van der Waals surface area (Å²) in [6.07, 6.45) is 4.12. The number of carbonyl (C=O) groups excluding carboxylic acids is 2. The summed E-state index contributed by atoms with van der Waals surface area (Å²) < 4.78 is 0. The molecule has 0 bridgehead atoms. The maximum atomic E-state index is 12.6. The molecule has 0 radical (unpaired) electrons. The number of carboxylic acids is 1. The average Bonchev–Trinajstić information content (AvgIpc) is 2.95. The lowest BCUT2D eigenvalue weighted by Crippen LogP contribution is -2.56. The molecule has 2 N–H and O–H groups in total. The van der Waals surface area contributed by atoms with Gasteiger partial charge in [-0.05, 0) is 25.7 Å². The topological polar surface area (TPSA) is 86.7 Å². The quantitative estimate of drug-likeness (QED) is 0.828. The van der Waals surface area contributed by atoms with Gasteiger partial charge in [-0.25, -0.2) is 4.79 Å². The van der Waals surface area contributed by atoms with Gasteiger partial charge in [0.15, 0.2) is 0 Å². The average molecular weight is 324 g/mol. The van der Waals surface area contributed by atoms with Crippen molar-refractivity contribution in [2.75, 3.05) is 13.1 Å². The molecule has 23 heavy (non-hydrogen) atoms. The van der Waals surface area contributed by atoms with Crippen LogP contribution in [0.25, 0.3) is 0 Å². The van der Waals surface area contributed by atoms with Crippen molar-refractivity contribution in [1.82, 2.24) is 10.2 Å². The lowest BCUT2D eigenvalue weighted by atomic mass is 9.90. The van der Waals surface area contributed by atoms with Crippen molar-refractivity contribution in [2.24, 2.45) is 11.3 Å². The molecule has 1 unspecified atom stereocenters. The van der Waals surface area contributed by atoms with Crippen molar-refractivity contribution in [3.05, 3.63) is 0 Å². The molecule has 2 aliphatic rings. The molecule has 0 aromatic carbocycles. The van der Waals surface area contributed by atoms with E-state index in [1.54, 1.807) is 4.90 Å². The van der Waals surface area contributed by atoms with Gasteiger partial charge in [0.1, 0.15) is 5.54 Å². The molecule has 2 fully saturated rings. The first kappa shape index (κ1) is 17.8. The van der Waals surface area contributed by atoms with E-state index < -0.39 is 16.9 Å². The number of rotatable bonds is 3. The zero-order chi connectivity index (χ0) is 17.3. The van der Waals surface area contributed by atoms with E-state index in [1.165, 1.54) is 0 Å². The van der Waals surface area contributed by atoms with E-state index in [2.05, 4.69) is 5.32 Å². The van der Waals surface area contributed by atoms with Crippen LogP contribution in [0.4, 0.5) is 0 Å². The third-order valence-electron chi connectivity index (χ3n) is 4.95. The van der Waals surface area contributed by atoms with E-state index >= 15 is 0 Å². The van der Waals surface area contributed by atoms with Crippen molar-refractivity contribution in [2.45, 2.75) is 64.8 Å². The fourth-order valence-corrected chi connectivity index (χ4v) is 3.56. The van der Waals surface area contributed by atoms with Gasteiger partial charge in [0, 0.05) is 18.5 Å². The second kappa shape index (κ2) is 6.49. The highest BCUT2D eigenvalue weighted by Crippen LogP contribution is 2.31. The summed E-state index contributed by atoms with van der Waals surface area (Å²) >= 11 is 0. The van der Waals surface area contributed by atoms with E-state index in [1.807, 2.05) is 20.8 Å². The fourth-order valence-electron chi connectivity index (χ4n) is 3.56. The molecule has 1 heterocycles. The van der Waals surface area contributed by atoms with Crippen molar-refractivity contribution >= 4 is 17.8 Å². The normalized spacial score (nSPS) is 24.3. The maximum Gasteiger partial charge on any atom is 0.329 e. The number of hydrogen-bond donors (Lipinski definition) is 2. The summed E-state index contributed by atoms with van der Waals surface area (Å²) in [5, 5.41) is 12.3. The minimum Gasteiger partial charge on any atom is -0.480 e. The molecule has 0 spiro atoms. The summed E-state index contributed by atoms with van der Waals surface area (Å²) in [7, 11) is 0. The third kappa shape index (κ3) is 3.85. The number of piperidine rings is 1. The Morgan fingerprint density at radius 2 is 1.74 bits per heavy atom. The van der Waals surface area contributed by atoms with Crippen LogP contribution < -0.4 is 5.32 Å². The van der Waals surface area contributed by atoms with Crippen molar-refractivity contribution in [1.29, 1.82) is 0 Å². The summed E-state index contributed by atoms with van der Waals surface area (Å²) in [5.41, 5.74) is -1.57. The molecular formula is C17H28N2O4. The minimum absolute atomic E-state index is 0.0452. The van der Waals surface area contributed by atoms with E-state index in [0.717, 1.165) is 19.3 Å². The predicted molar refractivity (Wildman–Crippen MR) is 85.7 cm³/mol. The monoisotopic (exact) mass is 324 g/mol. The van der Waals surface area contributed by atoms with Crippen molar-refractivity contribution < 1.29 is 19.5 Å². The zero-order valence-corrected chi connectivity index (χ0v) is 14.4. The first-order chi connectivity index (χ1) is 10.7. The van der Waals surface area contributed by atoms with Gasteiger partial charge in [-0.3, -0.25) is 9.59 Å². The minimum atomic E-state index is -1.10.